The van der Waals surface area contributed by atoms with Crippen LogP contribution in [0, 0.1) is 0 Å². The Labute approximate surface area is 152 Å². The minimum Gasteiger partial charge on any atom is -0.379 e. The first-order chi connectivity index (χ1) is 12.8. The monoisotopic (exact) mass is 350 g/mol. The number of amides is 1. The number of nitrogens with one attached hydrogen (secondary N) is 1. The Balaban J connectivity index is 1.54. The highest BCUT2D eigenvalue weighted by atomic mass is 16.5. The molecular weight excluding hydrogens is 328 g/mol. The minimum absolute atomic E-state index is 0.0465. The van der Waals surface area contributed by atoms with Crippen molar-refractivity contribution in [1.82, 2.24) is 19.9 Å². The second kappa shape index (κ2) is 7.66. The second-order valence-corrected chi connectivity index (χ2v) is 6.54. The van der Waals surface area contributed by atoms with Crippen LogP contribution in [0.25, 0.3) is 22.4 Å². The van der Waals surface area contributed by atoms with Crippen LogP contribution < -0.4 is 5.32 Å². The van der Waals surface area contributed by atoms with Gasteiger partial charge in [-0.2, -0.15) is 0 Å². The molecule has 6 heteroatoms. The summed E-state index contributed by atoms with van der Waals surface area (Å²) in [7, 11) is 0. The molecule has 1 atom stereocenters. The zero-order valence-corrected chi connectivity index (χ0v) is 14.6. The number of aryl methyl sites for hydroxylation is 1. The smallest absolute Gasteiger partial charge is 0.222 e. The topological polar surface area (TPSA) is 69.0 Å². The average molecular weight is 350 g/mol. The van der Waals surface area contributed by atoms with Gasteiger partial charge in [-0.1, -0.05) is 6.07 Å². The average Bonchev–Trinajstić information content (AvgIpc) is 3.06. The molecule has 1 amide bonds. The molecular formula is C20H22N4O2. The lowest BCUT2D eigenvalue weighted by atomic mass is 10.1. The Morgan fingerprint density at radius 1 is 1.23 bits per heavy atom. The van der Waals surface area contributed by atoms with Gasteiger partial charge in [0.05, 0.1) is 24.0 Å². The Morgan fingerprint density at radius 2 is 2.15 bits per heavy atom. The van der Waals surface area contributed by atoms with Crippen LogP contribution in [0.2, 0.25) is 0 Å². The predicted octanol–water partition coefficient (Wildman–Crippen LogP) is 2.78. The maximum Gasteiger partial charge on any atom is 0.222 e. The number of carbonyl (C=O) groups is 1. The molecule has 1 aliphatic heterocycles. The van der Waals surface area contributed by atoms with Crippen molar-refractivity contribution < 1.29 is 9.53 Å². The van der Waals surface area contributed by atoms with Gasteiger partial charge in [-0.15, -0.1) is 0 Å². The zero-order chi connectivity index (χ0) is 17.8. The van der Waals surface area contributed by atoms with E-state index in [0.29, 0.717) is 19.6 Å². The van der Waals surface area contributed by atoms with Crippen LogP contribution in [-0.4, -0.2) is 39.7 Å². The highest BCUT2D eigenvalue weighted by molar-refractivity contribution is 5.84. The fraction of sp³-hybridized carbons (Fsp3) is 0.350. The van der Waals surface area contributed by atoms with Gasteiger partial charge in [0.1, 0.15) is 5.65 Å². The summed E-state index contributed by atoms with van der Waals surface area (Å²) in [4.78, 5) is 21.3. The Hall–Kier alpha value is -2.73. The Bertz CT molecular complexity index is 885. The molecule has 0 aromatic carbocycles. The van der Waals surface area contributed by atoms with E-state index < -0.39 is 0 Å². The molecule has 4 rings (SSSR count). The molecule has 6 nitrogen and oxygen atoms in total. The lowest BCUT2D eigenvalue weighted by Crippen LogP contribution is -2.40. The number of rotatable bonds is 5. The van der Waals surface area contributed by atoms with Gasteiger partial charge in [0.2, 0.25) is 5.91 Å². The van der Waals surface area contributed by atoms with Gasteiger partial charge in [0.25, 0.3) is 0 Å². The molecule has 0 bridgehead atoms. The number of carbonyl (C=O) groups excluding carboxylic acids is 1. The van der Waals surface area contributed by atoms with Gasteiger partial charge in [-0.3, -0.25) is 9.78 Å². The van der Waals surface area contributed by atoms with Gasteiger partial charge < -0.3 is 14.6 Å². The van der Waals surface area contributed by atoms with Crippen LogP contribution in [0.1, 0.15) is 19.3 Å². The van der Waals surface area contributed by atoms with E-state index in [0.717, 1.165) is 41.9 Å². The highest BCUT2D eigenvalue weighted by Crippen LogP contribution is 2.26. The van der Waals surface area contributed by atoms with Crippen molar-refractivity contribution in [2.75, 3.05) is 13.2 Å². The normalized spacial score (nSPS) is 17.3. The molecule has 4 heterocycles. The number of pyridine rings is 2. The van der Waals surface area contributed by atoms with E-state index >= 15 is 0 Å². The molecule has 0 aliphatic carbocycles. The fourth-order valence-corrected chi connectivity index (χ4v) is 3.41. The van der Waals surface area contributed by atoms with E-state index in [9.17, 15) is 4.79 Å². The maximum absolute atomic E-state index is 12.4. The molecule has 134 valence electrons. The Kier molecular flexibility index (Phi) is 4.93. The second-order valence-electron chi connectivity index (χ2n) is 6.54. The number of hydrogen-bond donors (Lipinski definition) is 1. The van der Waals surface area contributed by atoms with Crippen LogP contribution in [0.4, 0.5) is 0 Å². The third-order valence-corrected chi connectivity index (χ3v) is 4.67. The van der Waals surface area contributed by atoms with Crippen molar-refractivity contribution in [3.05, 3.63) is 48.8 Å². The number of aromatic nitrogens is 3. The summed E-state index contributed by atoms with van der Waals surface area (Å²) in [5, 5.41) is 4.13. The SMILES string of the molecule is O=C(CCn1c(-c2ccccn2)cc2cccnc21)NC1CCCOC1. The molecule has 1 saturated heterocycles. The first-order valence-electron chi connectivity index (χ1n) is 9.04. The molecule has 0 saturated carbocycles. The van der Waals surface area contributed by atoms with Crippen molar-refractivity contribution in [1.29, 1.82) is 0 Å². The molecule has 3 aromatic rings. The summed E-state index contributed by atoms with van der Waals surface area (Å²) in [5.41, 5.74) is 2.74. The van der Waals surface area contributed by atoms with Crippen molar-refractivity contribution in [3.8, 4) is 11.4 Å². The van der Waals surface area contributed by atoms with Crippen LogP contribution in [-0.2, 0) is 16.1 Å². The highest BCUT2D eigenvalue weighted by Gasteiger charge is 2.17. The standard InChI is InChI=1S/C20H22N4O2/c25-19(23-16-6-4-12-26-14-16)8-11-24-18(17-7-1-2-9-21-17)13-15-5-3-10-22-20(15)24/h1-3,5,7,9-10,13,16H,4,6,8,11-12,14H2,(H,23,25). The third-order valence-electron chi connectivity index (χ3n) is 4.67. The first-order valence-corrected chi connectivity index (χ1v) is 9.04. The van der Waals surface area contributed by atoms with E-state index in [-0.39, 0.29) is 11.9 Å². The van der Waals surface area contributed by atoms with Crippen LogP contribution in [0.3, 0.4) is 0 Å². The molecule has 0 spiro atoms. The van der Waals surface area contributed by atoms with Crippen molar-refractivity contribution in [3.63, 3.8) is 0 Å². The molecule has 1 N–H and O–H groups in total. The summed E-state index contributed by atoms with van der Waals surface area (Å²) >= 11 is 0. The van der Waals surface area contributed by atoms with E-state index in [4.69, 9.17) is 4.74 Å². The van der Waals surface area contributed by atoms with E-state index in [1.807, 2.05) is 30.3 Å². The molecule has 1 fully saturated rings. The van der Waals surface area contributed by atoms with Gasteiger partial charge in [-0.05, 0) is 43.2 Å². The van der Waals surface area contributed by atoms with Gasteiger partial charge in [0, 0.05) is 37.4 Å². The molecule has 3 aromatic heterocycles. The lowest BCUT2D eigenvalue weighted by molar-refractivity contribution is -0.122. The molecule has 0 radical (unpaired) electrons. The Morgan fingerprint density at radius 3 is 2.96 bits per heavy atom. The van der Waals surface area contributed by atoms with Crippen molar-refractivity contribution >= 4 is 16.9 Å². The van der Waals surface area contributed by atoms with Gasteiger partial charge in [-0.25, -0.2) is 4.98 Å². The van der Waals surface area contributed by atoms with Crippen molar-refractivity contribution in [2.45, 2.75) is 31.8 Å². The van der Waals surface area contributed by atoms with E-state index in [2.05, 4.69) is 25.9 Å². The largest absolute Gasteiger partial charge is 0.379 e. The summed E-state index contributed by atoms with van der Waals surface area (Å²) in [6.45, 7) is 1.96. The number of fused-ring (bicyclic) bond motifs is 1. The predicted molar refractivity (Wildman–Crippen MR) is 99.6 cm³/mol. The van der Waals surface area contributed by atoms with Crippen LogP contribution >= 0.6 is 0 Å². The minimum atomic E-state index is 0.0465. The van der Waals surface area contributed by atoms with Gasteiger partial charge >= 0.3 is 0 Å². The quantitative estimate of drug-likeness (QED) is 0.768. The molecule has 26 heavy (non-hydrogen) atoms. The lowest BCUT2D eigenvalue weighted by Gasteiger charge is -2.23. The summed E-state index contributed by atoms with van der Waals surface area (Å²) in [6.07, 6.45) is 5.94. The fourth-order valence-electron chi connectivity index (χ4n) is 3.41. The number of ether oxygens (including phenoxy) is 1. The van der Waals surface area contributed by atoms with E-state index in [1.165, 1.54) is 0 Å². The van der Waals surface area contributed by atoms with Crippen LogP contribution in [0.5, 0.6) is 0 Å². The molecule has 1 aliphatic rings. The van der Waals surface area contributed by atoms with E-state index in [1.54, 1.807) is 12.4 Å². The maximum atomic E-state index is 12.4. The first kappa shape index (κ1) is 16.7. The summed E-state index contributed by atoms with van der Waals surface area (Å²) in [6, 6.07) is 12.0. The van der Waals surface area contributed by atoms with Crippen molar-refractivity contribution in [2.24, 2.45) is 0 Å². The van der Waals surface area contributed by atoms with Crippen LogP contribution in [0.15, 0.2) is 48.8 Å². The summed E-state index contributed by atoms with van der Waals surface area (Å²) < 4.78 is 7.51. The zero-order valence-electron chi connectivity index (χ0n) is 14.6. The number of nitrogens with zero attached hydrogens (tertiary/aromatic N) is 3. The number of hydrogen-bond acceptors (Lipinski definition) is 4. The molecule has 1 unspecified atom stereocenters. The van der Waals surface area contributed by atoms with Gasteiger partial charge in [0.15, 0.2) is 0 Å². The summed E-state index contributed by atoms with van der Waals surface area (Å²) in [5.74, 6) is 0.0465. The third kappa shape index (κ3) is 3.60.